The van der Waals surface area contributed by atoms with Crippen LogP contribution in [0.4, 0.5) is 13.2 Å². The molecule has 126 valence electrons. The minimum Gasteiger partial charge on any atom is -0.469 e. The van der Waals surface area contributed by atoms with E-state index >= 15 is 0 Å². The number of hydrogen-bond donors (Lipinski definition) is 0. The summed E-state index contributed by atoms with van der Waals surface area (Å²) in [4.78, 5) is 26.2. The molecule has 3 heterocycles. The number of hydrogen-bond acceptors (Lipinski definition) is 3. The first-order chi connectivity index (χ1) is 10.9. The van der Waals surface area contributed by atoms with E-state index in [1.54, 1.807) is 17.2 Å². The fraction of sp³-hybridized carbons (Fsp3) is 0.600. The van der Waals surface area contributed by atoms with Crippen LogP contribution >= 0.6 is 0 Å². The minimum atomic E-state index is -4.94. The molecule has 2 saturated heterocycles. The van der Waals surface area contributed by atoms with E-state index < -0.39 is 24.0 Å². The molecule has 3 rings (SSSR count). The quantitative estimate of drug-likeness (QED) is 0.835. The summed E-state index contributed by atoms with van der Waals surface area (Å²) in [6.45, 7) is 0.857. The van der Waals surface area contributed by atoms with Crippen LogP contribution in [0.3, 0.4) is 0 Å². The molecule has 2 unspecified atom stereocenters. The van der Waals surface area contributed by atoms with Gasteiger partial charge in [-0.25, -0.2) is 0 Å². The second kappa shape index (κ2) is 5.90. The number of carbonyl (C=O) groups is 2. The van der Waals surface area contributed by atoms with E-state index in [2.05, 4.69) is 0 Å². The van der Waals surface area contributed by atoms with Gasteiger partial charge in [-0.15, -0.1) is 0 Å². The highest BCUT2D eigenvalue weighted by Crippen LogP contribution is 2.31. The van der Waals surface area contributed by atoms with Crippen molar-refractivity contribution in [2.45, 2.75) is 37.4 Å². The van der Waals surface area contributed by atoms with Crippen LogP contribution in [0.25, 0.3) is 0 Å². The molecular formula is C15H17F3N2O3. The summed E-state index contributed by atoms with van der Waals surface area (Å²) < 4.78 is 43.2. The Hall–Kier alpha value is -1.99. The maximum absolute atomic E-state index is 12.6. The zero-order valence-electron chi connectivity index (χ0n) is 12.4. The topological polar surface area (TPSA) is 53.8 Å². The van der Waals surface area contributed by atoms with E-state index in [1.165, 1.54) is 0 Å². The Labute approximate surface area is 131 Å². The van der Waals surface area contributed by atoms with Crippen molar-refractivity contribution in [3.8, 4) is 0 Å². The molecule has 2 aliphatic rings. The molecule has 0 saturated carbocycles. The molecule has 2 aliphatic heterocycles. The number of furan rings is 1. The predicted molar refractivity (Wildman–Crippen MR) is 73.4 cm³/mol. The Morgan fingerprint density at radius 1 is 1.22 bits per heavy atom. The van der Waals surface area contributed by atoms with Gasteiger partial charge in [0.15, 0.2) is 0 Å². The first-order valence-electron chi connectivity index (χ1n) is 7.58. The molecular weight excluding hydrogens is 313 g/mol. The van der Waals surface area contributed by atoms with E-state index in [4.69, 9.17) is 4.42 Å². The van der Waals surface area contributed by atoms with Gasteiger partial charge in [0.1, 0.15) is 11.8 Å². The Kier molecular flexibility index (Phi) is 4.08. The monoisotopic (exact) mass is 330 g/mol. The van der Waals surface area contributed by atoms with Crippen LogP contribution in [-0.2, 0) is 9.59 Å². The van der Waals surface area contributed by atoms with Gasteiger partial charge in [-0.05, 0) is 31.4 Å². The molecule has 2 fully saturated rings. The number of carbonyl (C=O) groups excluding carboxylic acids is 2. The summed E-state index contributed by atoms with van der Waals surface area (Å²) in [5.74, 6) is -1.48. The maximum Gasteiger partial charge on any atom is 0.471 e. The van der Waals surface area contributed by atoms with Gasteiger partial charge in [0.05, 0.1) is 6.26 Å². The Balaban J connectivity index is 1.67. The molecule has 8 heteroatoms. The number of alkyl halides is 3. The molecule has 5 nitrogen and oxygen atoms in total. The van der Waals surface area contributed by atoms with Crippen molar-refractivity contribution < 1.29 is 27.2 Å². The van der Waals surface area contributed by atoms with Crippen LogP contribution in [0.2, 0.25) is 0 Å². The second-order valence-electron chi connectivity index (χ2n) is 5.94. The van der Waals surface area contributed by atoms with Gasteiger partial charge in [0.25, 0.3) is 0 Å². The molecule has 0 spiro atoms. The van der Waals surface area contributed by atoms with E-state index in [0.29, 0.717) is 30.8 Å². The number of rotatable bonds is 2. The standard InChI is InChI=1S/C15H17F3N2O3/c16-15(17,18)14(22)20-6-1-3-11(20)13(21)19-7-5-10(9-19)12-4-2-8-23-12/h2,4,8,10-11H,1,3,5-7,9H2. The van der Waals surface area contributed by atoms with E-state index in [9.17, 15) is 22.8 Å². The number of halogens is 3. The number of amides is 2. The van der Waals surface area contributed by atoms with Gasteiger partial charge in [-0.1, -0.05) is 0 Å². The van der Waals surface area contributed by atoms with Crippen LogP contribution in [0.15, 0.2) is 22.8 Å². The average Bonchev–Trinajstić information content (AvgIpc) is 3.22. The Morgan fingerprint density at radius 3 is 2.65 bits per heavy atom. The van der Waals surface area contributed by atoms with Crippen LogP contribution in [0, 0.1) is 0 Å². The van der Waals surface area contributed by atoms with Crippen molar-refractivity contribution in [2.24, 2.45) is 0 Å². The fourth-order valence-corrected chi connectivity index (χ4v) is 3.36. The lowest BCUT2D eigenvalue weighted by Gasteiger charge is -2.28. The van der Waals surface area contributed by atoms with E-state index in [1.807, 2.05) is 6.07 Å². The van der Waals surface area contributed by atoms with Crippen molar-refractivity contribution in [1.82, 2.24) is 9.80 Å². The fourth-order valence-electron chi connectivity index (χ4n) is 3.36. The highest BCUT2D eigenvalue weighted by molar-refractivity contribution is 5.90. The predicted octanol–water partition coefficient (Wildman–Crippen LogP) is 2.15. The second-order valence-corrected chi connectivity index (χ2v) is 5.94. The zero-order chi connectivity index (χ0) is 16.6. The molecule has 1 aromatic rings. The molecule has 0 aromatic carbocycles. The van der Waals surface area contributed by atoms with Gasteiger partial charge in [0, 0.05) is 25.6 Å². The van der Waals surface area contributed by atoms with Crippen LogP contribution in [0.1, 0.15) is 30.9 Å². The molecule has 23 heavy (non-hydrogen) atoms. The van der Waals surface area contributed by atoms with Gasteiger partial charge in [-0.2, -0.15) is 13.2 Å². The first-order valence-corrected chi connectivity index (χ1v) is 7.58. The van der Waals surface area contributed by atoms with Crippen LogP contribution in [0.5, 0.6) is 0 Å². The molecule has 0 radical (unpaired) electrons. The number of likely N-dealkylation sites (tertiary alicyclic amines) is 2. The molecule has 1 aromatic heterocycles. The van der Waals surface area contributed by atoms with Gasteiger partial charge < -0.3 is 14.2 Å². The number of nitrogens with zero attached hydrogens (tertiary/aromatic N) is 2. The molecule has 0 aliphatic carbocycles. The van der Waals surface area contributed by atoms with Crippen molar-refractivity contribution in [3.63, 3.8) is 0 Å². The summed E-state index contributed by atoms with van der Waals surface area (Å²) >= 11 is 0. The molecule has 0 N–H and O–H groups in total. The molecule has 0 bridgehead atoms. The third kappa shape index (κ3) is 3.07. The third-order valence-corrected chi connectivity index (χ3v) is 4.49. The summed E-state index contributed by atoms with van der Waals surface area (Å²) in [6, 6.07) is 2.59. The van der Waals surface area contributed by atoms with Crippen molar-refractivity contribution >= 4 is 11.8 Å². The van der Waals surface area contributed by atoms with Crippen LogP contribution in [-0.4, -0.2) is 53.5 Å². The maximum atomic E-state index is 12.6. The smallest absolute Gasteiger partial charge is 0.469 e. The van der Waals surface area contributed by atoms with E-state index in [0.717, 1.165) is 5.76 Å². The molecule has 2 atom stereocenters. The SMILES string of the molecule is O=C(C1CCCN1C(=O)C(F)(F)F)N1CCC(c2ccco2)C1. The van der Waals surface area contributed by atoms with Crippen molar-refractivity contribution in [1.29, 1.82) is 0 Å². The zero-order valence-corrected chi connectivity index (χ0v) is 12.4. The Bertz CT molecular complexity index is 585. The van der Waals surface area contributed by atoms with Crippen LogP contribution < -0.4 is 0 Å². The highest BCUT2D eigenvalue weighted by Gasteiger charge is 2.48. The van der Waals surface area contributed by atoms with Gasteiger partial charge >= 0.3 is 12.1 Å². The van der Waals surface area contributed by atoms with E-state index in [-0.39, 0.29) is 18.9 Å². The summed E-state index contributed by atoms with van der Waals surface area (Å²) in [7, 11) is 0. The van der Waals surface area contributed by atoms with Gasteiger partial charge in [-0.3, -0.25) is 9.59 Å². The summed E-state index contributed by atoms with van der Waals surface area (Å²) in [5, 5.41) is 0. The van der Waals surface area contributed by atoms with Crippen molar-refractivity contribution in [2.75, 3.05) is 19.6 Å². The highest BCUT2D eigenvalue weighted by atomic mass is 19.4. The minimum absolute atomic E-state index is 0.0236. The first kappa shape index (κ1) is 15.9. The normalized spacial score (nSPS) is 25.2. The lowest BCUT2D eigenvalue weighted by molar-refractivity contribution is -0.187. The lowest BCUT2D eigenvalue weighted by Crippen LogP contribution is -2.50. The summed E-state index contributed by atoms with van der Waals surface area (Å²) in [5.41, 5.74) is 0. The third-order valence-electron chi connectivity index (χ3n) is 4.49. The lowest BCUT2D eigenvalue weighted by atomic mass is 10.1. The van der Waals surface area contributed by atoms with Gasteiger partial charge in [0.2, 0.25) is 5.91 Å². The largest absolute Gasteiger partial charge is 0.471 e. The van der Waals surface area contributed by atoms with Crippen molar-refractivity contribution in [3.05, 3.63) is 24.2 Å². The molecule has 2 amide bonds. The Morgan fingerprint density at radius 2 is 2.00 bits per heavy atom. The average molecular weight is 330 g/mol. The summed E-state index contributed by atoms with van der Waals surface area (Å²) in [6.07, 6.45) is -1.99.